The summed E-state index contributed by atoms with van der Waals surface area (Å²) in [5.74, 6) is 12.2. The van der Waals surface area contributed by atoms with Crippen molar-refractivity contribution in [2.75, 3.05) is 0 Å². The van der Waals surface area contributed by atoms with Crippen molar-refractivity contribution >= 4 is 118 Å². The van der Waals surface area contributed by atoms with Gasteiger partial charge in [0.15, 0.2) is 0 Å². The van der Waals surface area contributed by atoms with E-state index >= 15 is 0 Å². The first-order valence-electron chi connectivity index (χ1n) is 13.9. The maximum atomic E-state index is 12.8. The minimum Gasteiger partial charge on any atom is -0.166 e. The Labute approximate surface area is 292 Å². The Bertz CT molecular complexity index is 2450. The van der Waals surface area contributed by atoms with Gasteiger partial charge in [0.2, 0.25) is 0 Å². The molecule has 0 atom stereocenters. The topological polar surface area (TPSA) is 0 Å². The van der Waals surface area contributed by atoms with Crippen molar-refractivity contribution < 1.29 is 26.3 Å². The molecule has 8 rings (SSSR count). The quantitative estimate of drug-likeness (QED) is 0.122. The van der Waals surface area contributed by atoms with Crippen LogP contribution in [0.25, 0.3) is 49.8 Å². The zero-order chi connectivity index (χ0) is 33.2. The van der Waals surface area contributed by atoms with Crippen molar-refractivity contribution in [3.8, 4) is 23.7 Å². The van der Waals surface area contributed by atoms with Gasteiger partial charge in [-0.05, 0) is 84.9 Å². The summed E-state index contributed by atoms with van der Waals surface area (Å²) >= 11 is 10.1. The lowest BCUT2D eigenvalue weighted by atomic mass is 10.1. The van der Waals surface area contributed by atoms with E-state index in [0.717, 1.165) is 53.2 Å². The Morgan fingerprint density at radius 1 is 0.417 bits per heavy atom. The van der Waals surface area contributed by atoms with E-state index in [2.05, 4.69) is 48.0 Å². The van der Waals surface area contributed by atoms with Crippen molar-refractivity contribution in [2.24, 2.45) is 0 Å². The summed E-state index contributed by atoms with van der Waals surface area (Å²) in [5.41, 5.74) is -0.306. The third-order valence-corrected chi connectivity index (χ3v) is 14.5. The van der Waals surface area contributed by atoms with Crippen LogP contribution in [-0.2, 0) is 12.4 Å². The Hall–Kier alpha value is -3.88. The zero-order valence-corrected chi connectivity index (χ0v) is 28.7. The second kappa shape index (κ2) is 11.9. The van der Waals surface area contributed by atoms with Crippen LogP contribution in [0.15, 0.2) is 72.8 Å². The lowest BCUT2D eigenvalue weighted by molar-refractivity contribution is -0.138. The Balaban J connectivity index is 0.988. The predicted octanol–water partition coefficient (Wildman–Crippen LogP) is 13.7. The van der Waals surface area contributed by atoms with Gasteiger partial charge in [-0.2, -0.15) is 26.3 Å². The SMILES string of the molecule is FC(F)(F)c1ccc(C#Cc2cc3sc4cc(C=Cc5cc6sc7cc(C#Cc8ccc(C(F)(F)F)cc8)sc7c6s5)sc4c3s2)cc1. The van der Waals surface area contributed by atoms with Gasteiger partial charge in [0.25, 0.3) is 0 Å². The molecule has 8 aromatic rings. The number of rotatable bonds is 2. The van der Waals surface area contributed by atoms with Crippen molar-refractivity contribution in [3.05, 3.63) is 115 Å². The van der Waals surface area contributed by atoms with Crippen LogP contribution in [0.3, 0.4) is 0 Å². The molecular formula is C36H14F6S6. The molecule has 48 heavy (non-hydrogen) atoms. The molecule has 12 heteroatoms. The second-order valence-electron chi connectivity index (χ2n) is 10.5. The third kappa shape index (κ3) is 6.21. The van der Waals surface area contributed by atoms with Crippen molar-refractivity contribution in [1.29, 1.82) is 0 Å². The fraction of sp³-hybridized carbons (Fsp3) is 0.0556. The molecule has 0 aliphatic carbocycles. The van der Waals surface area contributed by atoms with Gasteiger partial charge < -0.3 is 0 Å². The summed E-state index contributed by atoms with van der Waals surface area (Å²) in [6.45, 7) is 0. The van der Waals surface area contributed by atoms with E-state index in [-0.39, 0.29) is 0 Å². The molecule has 0 nitrogen and oxygen atoms in total. The molecule has 6 heterocycles. The van der Waals surface area contributed by atoms with Crippen LogP contribution in [0.4, 0.5) is 26.3 Å². The Morgan fingerprint density at radius 3 is 1.15 bits per heavy atom. The first-order valence-corrected chi connectivity index (χ1v) is 18.8. The lowest BCUT2D eigenvalue weighted by Gasteiger charge is -2.05. The fourth-order valence-electron chi connectivity index (χ4n) is 4.91. The van der Waals surface area contributed by atoms with Crippen LogP contribution < -0.4 is 0 Å². The van der Waals surface area contributed by atoms with E-state index in [0.29, 0.717) is 11.1 Å². The monoisotopic (exact) mass is 752 g/mol. The maximum absolute atomic E-state index is 12.8. The molecular weight excluding hydrogens is 739 g/mol. The molecule has 0 fully saturated rings. The smallest absolute Gasteiger partial charge is 0.166 e. The van der Waals surface area contributed by atoms with Crippen LogP contribution in [0.5, 0.6) is 0 Å². The average Bonchev–Trinajstić information content (AvgIpc) is 3.87. The summed E-state index contributed by atoms with van der Waals surface area (Å²) in [6.07, 6.45) is -4.47. The van der Waals surface area contributed by atoms with Gasteiger partial charge in [-0.15, -0.1) is 68.0 Å². The van der Waals surface area contributed by atoms with Crippen LogP contribution >= 0.6 is 68.0 Å². The summed E-state index contributed by atoms with van der Waals surface area (Å²) in [4.78, 5) is 4.03. The Kier molecular flexibility index (Phi) is 7.79. The van der Waals surface area contributed by atoms with Gasteiger partial charge in [0.1, 0.15) is 0 Å². The zero-order valence-electron chi connectivity index (χ0n) is 23.8. The average molecular weight is 753 g/mol. The molecule has 6 aromatic heterocycles. The summed E-state index contributed by atoms with van der Waals surface area (Å²) < 4.78 is 86.5. The molecule has 0 aliphatic rings. The molecule has 0 bridgehead atoms. The normalized spacial score (nSPS) is 12.4. The molecule has 0 saturated carbocycles. The molecule has 0 amide bonds. The second-order valence-corrected chi connectivity index (χ2v) is 16.9. The van der Waals surface area contributed by atoms with Crippen molar-refractivity contribution in [2.45, 2.75) is 12.4 Å². The van der Waals surface area contributed by atoms with E-state index in [1.165, 1.54) is 52.5 Å². The maximum Gasteiger partial charge on any atom is 0.416 e. The third-order valence-electron chi connectivity index (χ3n) is 7.18. The number of fused-ring (bicyclic) bond motifs is 6. The molecule has 0 unspecified atom stereocenters. The summed E-state index contributed by atoms with van der Waals surface area (Å²) in [6, 6.07) is 18.2. The summed E-state index contributed by atoms with van der Waals surface area (Å²) in [5, 5.41) is 0. The molecule has 2 aromatic carbocycles. The largest absolute Gasteiger partial charge is 0.416 e. The van der Waals surface area contributed by atoms with Gasteiger partial charge >= 0.3 is 12.4 Å². The highest BCUT2D eigenvalue weighted by molar-refractivity contribution is 7.39. The molecule has 236 valence electrons. The van der Waals surface area contributed by atoms with Crippen LogP contribution in [0, 0.1) is 23.7 Å². The van der Waals surface area contributed by atoms with E-state index < -0.39 is 23.5 Å². The fourth-order valence-corrected chi connectivity index (χ4v) is 12.5. The number of benzene rings is 2. The molecule has 0 spiro atoms. The number of hydrogen-bond acceptors (Lipinski definition) is 6. The highest BCUT2D eigenvalue weighted by Crippen LogP contribution is 2.46. The van der Waals surface area contributed by atoms with Gasteiger partial charge in [-0.3, -0.25) is 0 Å². The van der Waals surface area contributed by atoms with Crippen molar-refractivity contribution in [3.63, 3.8) is 0 Å². The number of thiophene rings is 6. The minimum atomic E-state index is -4.37. The standard InChI is InChI=1S/C36H14F6S6/c37-35(38,39)21-7-1-19(2-8-21)5-11-23-15-27-31(43-23)33-29(47-27)17-25(45-33)13-14-26-18-30-34(46-26)32-28(48-30)16-24(44-32)12-6-20-3-9-22(10-4-20)36(40,41)42/h1-4,7-10,13-18H. The number of hydrogen-bond donors (Lipinski definition) is 0. The predicted molar refractivity (Wildman–Crippen MR) is 194 cm³/mol. The van der Waals surface area contributed by atoms with Gasteiger partial charge in [-0.1, -0.05) is 23.7 Å². The van der Waals surface area contributed by atoms with Gasteiger partial charge in [0.05, 0.1) is 39.7 Å². The molecule has 0 N–H and O–H groups in total. The van der Waals surface area contributed by atoms with Crippen LogP contribution in [0.1, 0.15) is 41.8 Å². The molecule has 0 radical (unpaired) electrons. The van der Waals surface area contributed by atoms with E-state index in [4.69, 9.17) is 0 Å². The van der Waals surface area contributed by atoms with Gasteiger partial charge in [0, 0.05) is 39.7 Å². The highest BCUT2D eigenvalue weighted by Gasteiger charge is 2.30. The van der Waals surface area contributed by atoms with E-state index in [1.54, 1.807) is 68.0 Å². The first-order chi connectivity index (χ1) is 23.0. The lowest BCUT2D eigenvalue weighted by Crippen LogP contribution is -2.04. The first kappa shape index (κ1) is 31.4. The van der Waals surface area contributed by atoms with E-state index in [1.807, 2.05) is 12.1 Å². The van der Waals surface area contributed by atoms with E-state index in [9.17, 15) is 26.3 Å². The van der Waals surface area contributed by atoms with Crippen molar-refractivity contribution in [1.82, 2.24) is 0 Å². The van der Waals surface area contributed by atoms with Gasteiger partial charge in [-0.25, -0.2) is 0 Å². The number of alkyl halides is 6. The summed E-state index contributed by atoms with van der Waals surface area (Å²) in [7, 11) is 0. The molecule has 0 saturated heterocycles. The highest BCUT2D eigenvalue weighted by atomic mass is 32.1. The van der Waals surface area contributed by atoms with Crippen LogP contribution in [0.2, 0.25) is 0 Å². The molecule has 0 aliphatic heterocycles. The number of halogens is 6. The Morgan fingerprint density at radius 2 is 0.771 bits per heavy atom. The van der Waals surface area contributed by atoms with Crippen LogP contribution in [-0.4, -0.2) is 0 Å². The minimum absolute atomic E-state index is 0.535.